The number of para-hydroxylation sites is 1. The van der Waals surface area contributed by atoms with Crippen molar-refractivity contribution in [1.29, 1.82) is 0 Å². The molecule has 26 heavy (non-hydrogen) atoms. The summed E-state index contributed by atoms with van der Waals surface area (Å²) in [5.41, 5.74) is 6.11. The van der Waals surface area contributed by atoms with Gasteiger partial charge in [-0.3, -0.25) is 9.48 Å². The zero-order valence-electron chi connectivity index (χ0n) is 14.0. The highest BCUT2D eigenvalue weighted by molar-refractivity contribution is 6.47. The Labute approximate surface area is 149 Å². The molecular formula is C16H19BN4O5. The number of ketones is 1. The fourth-order valence-corrected chi connectivity index (χ4v) is 3.02. The summed E-state index contributed by atoms with van der Waals surface area (Å²) in [5.74, 6) is -1.13. The number of fused-ring (bicyclic) bond motifs is 1. The van der Waals surface area contributed by atoms with Crippen molar-refractivity contribution in [3.8, 4) is 5.75 Å². The van der Waals surface area contributed by atoms with E-state index in [-0.39, 0.29) is 29.9 Å². The molecule has 1 aliphatic heterocycles. The van der Waals surface area contributed by atoms with E-state index in [4.69, 9.17) is 10.4 Å². The van der Waals surface area contributed by atoms with Gasteiger partial charge in [0.15, 0.2) is 5.82 Å². The molecule has 136 valence electrons. The monoisotopic (exact) mass is 358 g/mol. The minimum absolute atomic E-state index is 0.000898. The molecule has 0 radical (unpaired) electrons. The van der Waals surface area contributed by atoms with Gasteiger partial charge in [0.2, 0.25) is 0 Å². The molecule has 1 aromatic heterocycles. The second-order valence-electron chi connectivity index (χ2n) is 6.20. The summed E-state index contributed by atoms with van der Waals surface area (Å²) in [5, 5.41) is 23.6. The van der Waals surface area contributed by atoms with Gasteiger partial charge in [-0.25, -0.2) is 9.78 Å². The lowest BCUT2D eigenvalue weighted by molar-refractivity contribution is -0.118. The van der Waals surface area contributed by atoms with Gasteiger partial charge in [-0.2, -0.15) is 5.10 Å². The second-order valence-corrected chi connectivity index (χ2v) is 6.20. The Kier molecular flexibility index (Phi) is 5.33. The lowest BCUT2D eigenvalue weighted by Gasteiger charge is -2.27. The van der Waals surface area contributed by atoms with Gasteiger partial charge in [-0.15, -0.1) is 0 Å². The summed E-state index contributed by atoms with van der Waals surface area (Å²) in [6.45, 7) is 0.957. The van der Waals surface area contributed by atoms with Gasteiger partial charge in [0.25, 0.3) is 0 Å². The van der Waals surface area contributed by atoms with E-state index >= 15 is 0 Å². The third kappa shape index (κ3) is 3.92. The maximum Gasteiger partial charge on any atom is 0.526 e. The highest BCUT2D eigenvalue weighted by Gasteiger charge is 2.37. The van der Waals surface area contributed by atoms with Gasteiger partial charge in [0, 0.05) is 18.8 Å². The fraction of sp³-hybridized carbons (Fsp3) is 0.375. The second kappa shape index (κ2) is 7.67. The molecule has 2 heterocycles. The topological polar surface area (TPSA) is 141 Å². The molecule has 1 atom stereocenters. The van der Waals surface area contributed by atoms with Crippen LogP contribution in [0.4, 0.5) is 0 Å². The average Bonchev–Trinajstić information content (AvgIpc) is 3.02. The maximum atomic E-state index is 12.3. The van der Waals surface area contributed by atoms with Crippen molar-refractivity contribution in [2.45, 2.75) is 31.6 Å². The number of hydrogen-bond donors (Lipinski definition) is 3. The third-order valence-corrected chi connectivity index (χ3v) is 4.24. The number of rotatable bonds is 7. The molecule has 10 heteroatoms. The van der Waals surface area contributed by atoms with Crippen LogP contribution in [0.25, 0.3) is 0 Å². The number of hydrogen-bond acceptors (Lipinski definition) is 7. The molecule has 3 rings (SSSR count). The van der Waals surface area contributed by atoms with Gasteiger partial charge in [-0.05, 0) is 18.1 Å². The largest absolute Gasteiger partial charge is 0.535 e. The minimum atomic E-state index is -1.24. The van der Waals surface area contributed by atoms with Crippen molar-refractivity contribution in [3.63, 3.8) is 0 Å². The fourth-order valence-electron chi connectivity index (χ4n) is 3.02. The first kappa shape index (κ1) is 18.1. The molecule has 0 saturated heterocycles. The van der Waals surface area contributed by atoms with Gasteiger partial charge in [0.1, 0.15) is 17.9 Å². The van der Waals surface area contributed by atoms with E-state index < -0.39 is 18.9 Å². The van der Waals surface area contributed by atoms with Crippen LogP contribution in [0, 0.1) is 0 Å². The smallest absolute Gasteiger partial charge is 0.526 e. The molecule has 4 N–H and O–H groups in total. The van der Waals surface area contributed by atoms with E-state index in [1.807, 2.05) is 0 Å². The number of carboxylic acid groups (broad SMARTS) is 1. The Morgan fingerprint density at radius 1 is 1.42 bits per heavy atom. The van der Waals surface area contributed by atoms with Gasteiger partial charge in [0.05, 0.1) is 18.5 Å². The number of Topliss-reactive ketones (excluding diaryl/α,β-unsaturated/α-hetero) is 1. The molecule has 0 spiro atoms. The van der Waals surface area contributed by atoms with E-state index in [9.17, 15) is 19.7 Å². The number of nitrogens with zero attached hydrogens (tertiary/aromatic N) is 3. The van der Waals surface area contributed by atoms with Crippen molar-refractivity contribution in [1.82, 2.24) is 14.8 Å². The maximum absolute atomic E-state index is 12.3. The number of benzene rings is 1. The summed E-state index contributed by atoms with van der Waals surface area (Å²) >= 11 is 0. The van der Waals surface area contributed by atoms with Crippen LogP contribution in [0.1, 0.15) is 28.2 Å². The van der Waals surface area contributed by atoms with Crippen molar-refractivity contribution in [2.75, 3.05) is 6.54 Å². The Balaban J connectivity index is 1.66. The summed E-state index contributed by atoms with van der Waals surface area (Å²) in [4.78, 5) is 27.6. The standard InChI is InChI=1S/C16H19BN4O5/c18-4-5-21-9-19-14(20-21)8-12(22)7-11-6-10-2-1-3-13(16(23)24)15(10)26-17(11)25/h1-3,9,11,25H,4-8,18H2,(H,23,24)/t11-/m1/s1. The Morgan fingerprint density at radius 2 is 2.23 bits per heavy atom. The molecule has 2 aromatic rings. The Morgan fingerprint density at radius 3 is 2.96 bits per heavy atom. The van der Waals surface area contributed by atoms with E-state index in [1.54, 1.807) is 16.8 Å². The SMILES string of the molecule is NCCn1cnc(CC(=O)C[C@H]2Cc3cccc(C(=O)O)c3OB2O)n1. The normalized spacial score (nSPS) is 16.1. The van der Waals surface area contributed by atoms with E-state index in [2.05, 4.69) is 10.1 Å². The minimum Gasteiger partial charge on any atom is -0.535 e. The molecule has 0 saturated carbocycles. The van der Waals surface area contributed by atoms with Crippen LogP contribution in [-0.2, 0) is 24.2 Å². The molecule has 0 aliphatic carbocycles. The molecule has 0 fully saturated rings. The Hall–Kier alpha value is -2.72. The van der Waals surface area contributed by atoms with E-state index in [0.717, 1.165) is 0 Å². The number of carboxylic acids is 1. The molecule has 0 amide bonds. The molecular weight excluding hydrogens is 339 g/mol. The van der Waals surface area contributed by atoms with Crippen LogP contribution in [0.15, 0.2) is 24.5 Å². The lowest BCUT2D eigenvalue weighted by Crippen LogP contribution is -2.36. The van der Waals surface area contributed by atoms with Crippen LogP contribution < -0.4 is 10.4 Å². The zero-order chi connectivity index (χ0) is 18.7. The van der Waals surface area contributed by atoms with Crippen LogP contribution >= 0.6 is 0 Å². The number of carbonyl (C=O) groups excluding carboxylic acids is 1. The number of aromatic carboxylic acids is 1. The predicted molar refractivity (Wildman–Crippen MR) is 91.9 cm³/mol. The van der Waals surface area contributed by atoms with E-state index in [1.165, 1.54) is 12.4 Å². The number of nitrogens with two attached hydrogens (primary N) is 1. The Bertz CT molecular complexity index is 825. The summed E-state index contributed by atoms with van der Waals surface area (Å²) in [6, 6.07) is 4.78. The predicted octanol–water partition coefficient (Wildman–Crippen LogP) is -0.0775. The number of aromatic nitrogens is 3. The van der Waals surface area contributed by atoms with Crippen molar-refractivity contribution in [3.05, 3.63) is 41.5 Å². The molecule has 9 nitrogen and oxygen atoms in total. The first-order chi connectivity index (χ1) is 12.5. The summed E-state index contributed by atoms with van der Waals surface area (Å²) in [7, 11) is -1.24. The molecule has 0 unspecified atom stereocenters. The molecule has 1 aromatic carbocycles. The summed E-state index contributed by atoms with van der Waals surface area (Å²) in [6.07, 6.45) is 2.03. The van der Waals surface area contributed by atoms with Crippen LogP contribution in [-0.4, -0.2) is 50.3 Å². The lowest BCUT2D eigenvalue weighted by atomic mass is 9.64. The van der Waals surface area contributed by atoms with Crippen LogP contribution in [0.3, 0.4) is 0 Å². The highest BCUT2D eigenvalue weighted by Crippen LogP contribution is 2.36. The van der Waals surface area contributed by atoms with Gasteiger partial charge in [-0.1, -0.05) is 12.1 Å². The third-order valence-electron chi connectivity index (χ3n) is 4.24. The van der Waals surface area contributed by atoms with Crippen molar-refractivity contribution in [2.24, 2.45) is 5.73 Å². The van der Waals surface area contributed by atoms with Gasteiger partial charge >= 0.3 is 13.1 Å². The molecule has 1 aliphatic rings. The average molecular weight is 358 g/mol. The highest BCUT2D eigenvalue weighted by atomic mass is 16.5. The quantitative estimate of drug-likeness (QED) is 0.584. The first-order valence-electron chi connectivity index (χ1n) is 8.28. The number of carbonyl (C=O) groups is 2. The zero-order valence-corrected chi connectivity index (χ0v) is 14.0. The van der Waals surface area contributed by atoms with E-state index in [0.29, 0.717) is 30.9 Å². The summed E-state index contributed by atoms with van der Waals surface area (Å²) < 4.78 is 6.97. The van der Waals surface area contributed by atoms with Crippen LogP contribution in [0.5, 0.6) is 5.75 Å². The molecule has 0 bridgehead atoms. The van der Waals surface area contributed by atoms with Crippen LogP contribution in [0.2, 0.25) is 5.82 Å². The first-order valence-corrected chi connectivity index (χ1v) is 8.28. The van der Waals surface area contributed by atoms with Crippen molar-refractivity contribution < 1.29 is 24.4 Å². The van der Waals surface area contributed by atoms with Gasteiger partial charge < -0.3 is 20.5 Å². The van der Waals surface area contributed by atoms with Crippen molar-refractivity contribution >= 4 is 18.9 Å².